The van der Waals surface area contributed by atoms with Crippen LogP contribution >= 0.6 is 0 Å². The highest BCUT2D eigenvalue weighted by molar-refractivity contribution is 6.17. The quantitative estimate of drug-likeness (QED) is 0.142. The van der Waals surface area contributed by atoms with E-state index >= 15 is 22.0 Å². The van der Waals surface area contributed by atoms with Crippen molar-refractivity contribution in [3.05, 3.63) is 314 Å². The standard InChI is InChI=1S/C85H49F5N6/c86-67-26-17-27-68(87)82(67)66-44-45-77(95-78-46-50(91-69-28-9-1-18-54(69)55-19-2-10-29-70(55)91)36-40-62(78)63-41-37-51(47-79(63)95)92-71-30-11-3-20-56(71)57-21-4-12-31-72(57)92)83(85(88,89)90)84(66)96-80-48-52(93-73-32-13-5-22-58(73)59-23-6-14-33-74(59)93)38-42-64(80)65-43-39-53(49-81(65)96)94-75-34-15-7-24-60(75)61-25-8-16-35-76(61)94/h1-49H. The summed E-state index contributed by atoms with van der Waals surface area (Å²) in [6, 6.07) is 95.2. The Bertz CT molecular complexity index is 6170. The number of rotatable bonds is 7. The lowest BCUT2D eigenvalue weighted by molar-refractivity contribution is -0.137. The lowest BCUT2D eigenvalue weighted by atomic mass is 9.96. The molecule has 0 bridgehead atoms. The Labute approximate surface area is 543 Å². The Morgan fingerprint density at radius 2 is 0.469 bits per heavy atom. The first-order valence-electron chi connectivity index (χ1n) is 31.9. The van der Waals surface area contributed by atoms with Crippen LogP contribution in [0, 0.1) is 11.6 Å². The average Bonchev–Trinajstić information content (AvgIpc) is 1.35. The van der Waals surface area contributed by atoms with Gasteiger partial charge in [-0.15, -0.1) is 0 Å². The van der Waals surface area contributed by atoms with Crippen LogP contribution in [0.3, 0.4) is 0 Å². The minimum Gasteiger partial charge on any atom is -0.309 e. The van der Waals surface area contributed by atoms with Gasteiger partial charge in [-0.1, -0.05) is 176 Å². The third-order valence-electron chi connectivity index (χ3n) is 20.0. The molecule has 0 aliphatic rings. The molecule has 0 N–H and O–H groups in total. The number of fused-ring (bicyclic) bond motifs is 18. The SMILES string of the molecule is Fc1cccc(F)c1-c1ccc(-n2c3cc(-n4c5ccccc5c5ccccc54)ccc3c3ccc(-n4c5ccccc5c5ccccc54)cc32)c(C(F)(F)F)c1-n1c2cc(-n3c4ccccc4c4ccccc43)ccc2c2ccc(-n3c4ccccc4c4ccccc43)cc21. The highest BCUT2D eigenvalue weighted by atomic mass is 19.4. The summed E-state index contributed by atoms with van der Waals surface area (Å²) in [5.74, 6) is -2.03. The largest absolute Gasteiger partial charge is 0.420 e. The van der Waals surface area contributed by atoms with Crippen molar-refractivity contribution in [2.45, 2.75) is 6.18 Å². The molecule has 0 saturated carbocycles. The van der Waals surface area contributed by atoms with Gasteiger partial charge < -0.3 is 27.4 Å². The number of benzene rings is 14. The van der Waals surface area contributed by atoms with Gasteiger partial charge in [0.2, 0.25) is 0 Å². The maximum Gasteiger partial charge on any atom is 0.420 e. The second-order valence-corrected chi connectivity index (χ2v) is 24.9. The molecule has 0 saturated heterocycles. The molecule has 6 aromatic heterocycles. The number of nitrogens with zero attached hydrogens (tertiary/aromatic N) is 6. The topological polar surface area (TPSA) is 29.6 Å². The molecule has 20 rings (SSSR count). The van der Waals surface area contributed by atoms with Gasteiger partial charge >= 0.3 is 6.18 Å². The predicted molar refractivity (Wildman–Crippen MR) is 383 cm³/mol. The van der Waals surface area contributed by atoms with Crippen LogP contribution in [0.25, 0.3) is 176 Å². The smallest absolute Gasteiger partial charge is 0.309 e. The van der Waals surface area contributed by atoms with Gasteiger partial charge in [0.15, 0.2) is 0 Å². The molecule has 0 amide bonds. The van der Waals surface area contributed by atoms with Crippen LogP contribution in [-0.4, -0.2) is 27.4 Å². The molecule has 0 spiro atoms. The maximum atomic E-state index is 18.4. The number of halogens is 5. The molecule has 0 aliphatic heterocycles. The molecule has 0 aliphatic carbocycles. The third kappa shape index (κ3) is 7.56. The second-order valence-electron chi connectivity index (χ2n) is 24.9. The molecule has 14 aromatic carbocycles. The van der Waals surface area contributed by atoms with Crippen molar-refractivity contribution in [1.29, 1.82) is 0 Å². The van der Waals surface area contributed by atoms with Crippen molar-refractivity contribution in [2.75, 3.05) is 0 Å². The minimum atomic E-state index is -5.22. The summed E-state index contributed by atoms with van der Waals surface area (Å²) in [6.45, 7) is 0. The van der Waals surface area contributed by atoms with Crippen molar-refractivity contribution >= 4 is 131 Å². The highest BCUT2D eigenvalue weighted by Gasteiger charge is 2.41. The van der Waals surface area contributed by atoms with Gasteiger partial charge in [0.25, 0.3) is 0 Å². The molecule has 6 nitrogen and oxygen atoms in total. The van der Waals surface area contributed by atoms with Crippen molar-refractivity contribution < 1.29 is 22.0 Å². The van der Waals surface area contributed by atoms with E-state index in [2.05, 4.69) is 91.1 Å². The summed E-state index contributed by atoms with van der Waals surface area (Å²) in [5, 5.41) is 10.8. The molecule has 0 unspecified atom stereocenters. The minimum absolute atomic E-state index is 0.246. The van der Waals surface area contributed by atoms with Crippen LogP contribution in [0.1, 0.15) is 5.56 Å². The van der Waals surface area contributed by atoms with Gasteiger partial charge in [0.05, 0.1) is 83.1 Å². The van der Waals surface area contributed by atoms with E-state index in [-0.39, 0.29) is 11.3 Å². The van der Waals surface area contributed by atoms with Crippen molar-refractivity contribution in [2.24, 2.45) is 0 Å². The van der Waals surface area contributed by atoms with Crippen LogP contribution in [0.2, 0.25) is 0 Å². The number of para-hydroxylation sites is 8. The fourth-order valence-electron chi connectivity index (χ4n) is 16.1. The van der Waals surface area contributed by atoms with Crippen LogP contribution in [-0.2, 0) is 6.18 Å². The molecule has 0 radical (unpaired) electrons. The summed E-state index contributed by atoms with van der Waals surface area (Å²) in [4.78, 5) is 0. The monoisotopic (exact) mass is 1250 g/mol. The zero-order valence-corrected chi connectivity index (χ0v) is 50.9. The first kappa shape index (κ1) is 54.1. The van der Waals surface area contributed by atoms with Crippen LogP contribution in [0.5, 0.6) is 0 Å². The number of alkyl halides is 3. The van der Waals surface area contributed by atoms with E-state index in [0.29, 0.717) is 55.0 Å². The lowest BCUT2D eigenvalue weighted by Gasteiger charge is -2.25. The highest BCUT2D eigenvalue weighted by Crippen LogP contribution is 2.51. The van der Waals surface area contributed by atoms with Gasteiger partial charge in [-0.3, -0.25) is 0 Å². The molecule has 454 valence electrons. The normalized spacial score (nSPS) is 12.4. The summed E-state index contributed by atoms with van der Waals surface area (Å²) < 4.78 is 102. The zero-order valence-electron chi connectivity index (χ0n) is 50.9. The van der Waals surface area contributed by atoms with E-state index in [1.165, 1.54) is 18.2 Å². The third-order valence-corrected chi connectivity index (χ3v) is 20.0. The number of hydrogen-bond donors (Lipinski definition) is 0. The van der Waals surface area contributed by atoms with E-state index < -0.39 is 34.6 Å². The molecule has 20 aromatic rings. The zero-order chi connectivity index (χ0) is 63.8. The maximum absolute atomic E-state index is 18.4. The van der Waals surface area contributed by atoms with Gasteiger partial charge in [0.1, 0.15) is 17.2 Å². The van der Waals surface area contributed by atoms with Crippen LogP contribution < -0.4 is 0 Å². The van der Waals surface area contributed by atoms with E-state index in [1.807, 2.05) is 194 Å². The lowest BCUT2D eigenvalue weighted by Crippen LogP contribution is -2.17. The Hall–Kier alpha value is -12.5. The van der Waals surface area contributed by atoms with E-state index in [9.17, 15) is 0 Å². The first-order chi connectivity index (χ1) is 47.1. The fourth-order valence-corrected chi connectivity index (χ4v) is 16.1. The summed E-state index contributed by atoms with van der Waals surface area (Å²) in [7, 11) is 0. The van der Waals surface area contributed by atoms with E-state index in [4.69, 9.17) is 0 Å². The van der Waals surface area contributed by atoms with E-state index in [1.54, 1.807) is 9.13 Å². The Morgan fingerprint density at radius 3 is 0.740 bits per heavy atom. The van der Waals surface area contributed by atoms with Crippen molar-refractivity contribution in [3.63, 3.8) is 0 Å². The van der Waals surface area contributed by atoms with Crippen molar-refractivity contribution in [3.8, 4) is 45.3 Å². The van der Waals surface area contributed by atoms with Gasteiger partial charge in [-0.25, -0.2) is 8.78 Å². The Morgan fingerprint density at radius 1 is 0.219 bits per heavy atom. The molecule has 0 fully saturated rings. The molecular formula is C85H49F5N6. The second kappa shape index (κ2) is 20.0. The first-order valence-corrected chi connectivity index (χ1v) is 31.9. The van der Waals surface area contributed by atoms with E-state index in [0.717, 1.165) is 111 Å². The van der Waals surface area contributed by atoms with Crippen LogP contribution in [0.15, 0.2) is 297 Å². The average molecular weight is 1250 g/mol. The fraction of sp³-hybridized carbons (Fsp3) is 0.0118. The molecule has 11 heteroatoms. The van der Waals surface area contributed by atoms with Gasteiger partial charge in [-0.2, -0.15) is 13.2 Å². The number of aromatic nitrogens is 6. The van der Waals surface area contributed by atoms with Gasteiger partial charge in [-0.05, 0) is 121 Å². The predicted octanol–water partition coefficient (Wildman–Crippen LogP) is 23.2. The summed E-state index contributed by atoms with van der Waals surface area (Å²) in [6.07, 6.45) is -5.22. The molecule has 0 atom stereocenters. The summed E-state index contributed by atoms with van der Waals surface area (Å²) in [5.41, 5.74) is 9.14. The van der Waals surface area contributed by atoms with Gasteiger partial charge in [0, 0.05) is 92.9 Å². The molecule has 6 heterocycles. The number of hydrogen-bond acceptors (Lipinski definition) is 0. The molecule has 96 heavy (non-hydrogen) atoms. The van der Waals surface area contributed by atoms with Crippen LogP contribution in [0.4, 0.5) is 22.0 Å². The van der Waals surface area contributed by atoms with Crippen molar-refractivity contribution in [1.82, 2.24) is 27.4 Å². The molecular weight excluding hydrogens is 1200 g/mol. The Kier molecular flexibility index (Phi) is 11.3. The Balaban J connectivity index is 0.963. The summed E-state index contributed by atoms with van der Waals surface area (Å²) >= 11 is 0.